The summed E-state index contributed by atoms with van der Waals surface area (Å²) in [6.07, 6.45) is 6.96. The van der Waals surface area contributed by atoms with E-state index in [9.17, 15) is 9.59 Å². The van der Waals surface area contributed by atoms with Gasteiger partial charge in [-0.1, -0.05) is 19.8 Å². The number of hydrogen-bond donors (Lipinski definition) is 1. The molecule has 4 nitrogen and oxygen atoms in total. The summed E-state index contributed by atoms with van der Waals surface area (Å²) in [6, 6.07) is 5.46. The Morgan fingerprint density at radius 3 is 2.16 bits per heavy atom. The summed E-state index contributed by atoms with van der Waals surface area (Å²) in [6.45, 7) is 3.52. The third kappa shape index (κ3) is 3.35. The summed E-state index contributed by atoms with van der Waals surface area (Å²) in [4.78, 5) is 24.6. The van der Waals surface area contributed by atoms with Crippen molar-refractivity contribution >= 4 is 11.9 Å². The molecule has 0 saturated heterocycles. The zero-order valence-corrected chi connectivity index (χ0v) is 11.2. The van der Waals surface area contributed by atoms with Crippen molar-refractivity contribution in [2.75, 3.05) is 7.05 Å². The number of carboxylic acids is 1. The highest BCUT2D eigenvalue weighted by Crippen LogP contribution is 2.14. The van der Waals surface area contributed by atoms with Crippen LogP contribution in [0.3, 0.4) is 0 Å². The fourth-order valence-corrected chi connectivity index (χ4v) is 1.92. The number of hydrogen-bond acceptors (Lipinski definition) is 2. The smallest absolute Gasteiger partial charge is 0.326 e. The monoisotopic (exact) mass is 258 g/mol. The average molecular weight is 258 g/mol. The van der Waals surface area contributed by atoms with Gasteiger partial charge in [0.05, 0.1) is 0 Å². The first-order valence-electron chi connectivity index (χ1n) is 5.91. The minimum absolute atomic E-state index is 0.180. The minimum atomic E-state index is -1.02. The average Bonchev–Trinajstić information content (AvgIpc) is 2.37. The Morgan fingerprint density at radius 1 is 1.26 bits per heavy atom. The summed E-state index contributed by atoms with van der Waals surface area (Å²) in [5, 5.41) is 9.16. The number of carbonyl (C=O) groups excluding carboxylic acids is 1. The van der Waals surface area contributed by atoms with Crippen molar-refractivity contribution in [1.82, 2.24) is 4.90 Å². The molecule has 0 aromatic heterocycles. The minimum Gasteiger partial charge on any atom is -0.480 e. The summed E-state index contributed by atoms with van der Waals surface area (Å²) in [7, 11) is 1.48. The van der Waals surface area contributed by atoms with E-state index in [0.29, 0.717) is 11.1 Å². The highest BCUT2D eigenvalue weighted by Gasteiger charge is 2.29. The highest BCUT2D eigenvalue weighted by atomic mass is 16.4. The molecular formula is C15H16NO3. The first-order valence-corrected chi connectivity index (χ1v) is 5.91. The molecule has 1 radical (unpaired) electrons. The first kappa shape index (κ1) is 14.8. The molecule has 0 aliphatic carbocycles. The van der Waals surface area contributed by atoms with Crippen LogP contribution in [0.2, 0.25) is 0 Å². The quantitative estimate of drug-likeness (QED) is 0.838. The molecule has 0 bridgehead atoms. The Bertz CT molecular complexity index is 511. The van der Waals surface area contributed by atoms with E-state index in [1.165, 1.54) is 11.9 Å². The van der Waals surface area contributed by atoms with Crippen LogP contribution in [0.25, 0.3) is 0 Å². The van der Waals surface area contributed by atoms with Crippen molar-refractivity contribution < 1.29 is 14.7 Å². The van der Waals surface area contributed by atoms with E-state index in [-0.39, 0.29) is 11.8 Å². The van der Waals surface area contributed by atoms with Crippen LogP contribution in [0.4, 0.5) is 0 Å². The Kier molecular flexibility index (Phi) is 4.71. The summed E-state index contributed by atoms with van der Waals surface area (Å²) in [5.74, 6) is 0.665. The summed E-state index contributed by atoms with van der Waals surface area (Å²) in [5.41, 5.74) is 0.964. The van der Waals surface area contributed by atoms with Gasteiger partial charge in [0.2, 0.25) is 0 Å². The highest BCUT2D eigenvalue weighted by molar-refractivity contribution is 5.96. The van der Waals surface area contributed by atoms with E-state index in [2.05, 4.69) is 5.92 Å². The molecule has 99 valence electrons. The SMILES string of the molecule is [C]#Cc1ccc(C(=O)N(C)C(C(=O)O)C(C)C)cc1. The predicted octanol–water partition coefficient (Wildman–Crippen LogP) is 1.81. The maximum atomic E-state index is 12.2. The number of aliphatic carboxylic acids is 1. The summed E-state index contributed by atoms with van der Waals surface area (Å²) < 4.78 is 0. The van der Waals surface area contributed by atoms with Gasteiger partial charge in [-0.2, -0.15) is 0 Å². The molecule has 0 spiro atoms. The van der Waals surface area contributed by atoms with Crippen LogP contribution < -0.4 is 0 Å². The molecule has 1 amide bonds. The number of nitrogens with zero attached hydrogens (tertiary/aromatic N) is 1. The van der Waals surface area contributed by atoms with Crippen molar-refractivity contribution in [2.24, 2.45) is 5.92 Å². The third-order valence-corrected chi connectivity index (χ3v) is 2.90. The zero-order chi connectivity index (χ0) is 14.6. The second kappa shape index (κ2) is 6.05. The third-order valence-electron chi connectivity index (χ3n) is 2.90. The molecule has 1 rings (SSSR count). The maximum absolute atomic E-state index is 12.2. The Labute approximate surface area is 113 Å². The zero-order valence-electron chi connectivity index (χ0n) is 11.2. The van der Waals surface area contributed by atoms with Gasteiger partial charge in [-0.15, -0.1) is 0 Å². The largest absolute Gasteiger partial charge is 0.480 e. The molecule has 4 heteroatoms. The fraction of sp³-hybridized carbons (Fsp3) is 0.333. The molecule has 0 saturated carbocycles. The van der Waals surface area contributed by atoms with Crippen LogP contribution in [-0.2, 0) is 4.79 Å². The van der Waals surface area contributed by atoms with Crippen molar-refractivity contribution in [3.8, 4) is 5.92 Å². The predicted molar refractivity (Wildman–Crippen MR) is 71.0 cm³/mol. The first-order chi connectivity index (χ1) is 8.88. The van der Waals surface area contributed by atoms with Crippen molar-refractivity contribution in [3.63, 3.8) is 0 Å². The molecule has 0 fully saturated rings. The standard InChI is InChI=1S/C15H16NO3/c1-5-11-6-8-12(9-7-11)14(17)16(4)13(10(2)3)15(18)19/h6-10,13H,2-4H3,(H,18,19). The molecule has 19 heavy (non-hydrogen) atoms. The lowest BCUT2D eigenvalue weighted by Gasteiger charge is -2.27. The molecule has 0 heterocycles. The molecule has 1 aromatic carbocycles. The van der Waals surface area contributed by atoms with Crippen LogP contribution in [-0.4, -0.2) is 35.0 Å². The van der Waals surface area contributed by atoms with Gasteiger partial charge in [-0.25, -0.2) is 4.79 Å². The number of rotatable bonds is 4. The van der Waals surface area contributed by atoms with Crippen LogP contribution in [0.5, 0.6) is 0 Å². The second-order valence-corrected chi connectivity index (χ2v) is 4.65. The van der Waals surface area contributed by atoms with Crippen LogP contribution >= 0.6 is 0 Å². The lowest BCUT2D eigenvalue weighted by atomic mass is 10.0. The van der Waals surface area contributed by atoms with E-state index < -0.39 is 12.0 Å². The van der Waals surface area contributed by atoms with Crippen molar-refractivity contribution in [3.05, 3.63) is 41.8 Å². The van der Waals surface area contributed by atoms with Crippen molar-refractivity contribution in [1.29, 1.82) is 0 Å². The fourth-order valence-electron chi connectivity index (χ4n) is 1.92. The van der Waals surface area contributed by atoms with Crippen molar-refractivity contribution in [2.45, 2.75) is 19.9 Å². The molecule has 1 unspecified atom stereocenters. The van der Waals surface area contributed by atoms with Gasteiger partial charge in [0.15, 0.2) is 0 Å². The second-order valence-electron chi connectivity index (χ2n) is 4.65. The normalized spacial score (nSPS) is 11.7. The molecule has 0 aliphatic rings. The molecule has 1 N–H and O–H groups in total. The Morgan fingerprint density at radius 2 is 1.79 bits per heavy atom. The van der Waals surface area contributed by atoms with Gasteiger partial charge >= 0.3 is 5.97 Å². The lowest BCUT2D eigenvalue weighted by molar-refractivity contribution is -0.143. The van der Waals surface area contributed by atoms with Gasteiger partial charge in [-0.3, -0.25) is 4.79 Å². The summed E-state index contributed by atoms with van der Waals surface area (Å²) >= 11 is 0. The van der Waals surface area contributed by atoms with Gasteiger partial charge in [0.1, 0.15) is 6.04 Å². The van der Waals surface area contributed by atoms with Gasteiger partial charge in [0, 0.05) is 18.2 Å². The van der Waals surface area contributed by atoms with Crippen LogP contribution in [0.15, 0.2) is 24.3 Å². The molecule has 1 atom stereocenters. The Hall–Kier alpha value is -2.28. The molecule has 0 aliphatic heterocycles. The van der Waals surface area contributed by atoms with E-state index in [1.807, 2.05) is 0 Å². The number of amides is 1. The topological polar surface area (TPSA) is 57.6 Å². The van der Waals surface area contributed by atoms with E-state index in [0.717, 1.165) is 0 Å². The number of carboxylic acid groups (broad SMARTS) is 1. The van der Waals surface area contributed by atoms with Gasteiger partial charge < -0.3 is 10.0 Å². The molecule has 1 aromatic rings. The van der Waals surface area contributed by atoms with Crippen LogP contribution in [0.1, 0.15) is 29.8 Å². The van der Waals surface area contributed by atoms with E-state index in [4.69, 9.17) is 11.5 Å². The number of benzene rings is 1. The van der Waals surface area contributed by atoms with E-state index in [1.54, 1.807) is 38.1 Å². The molecular weight excluding hydrogens is 242 g/mol. The van der Waals surface area contributed by atoms with Crippen LogP contribution in [0, 0.1) is 18.3 Å². The Balaban J connectivity index is 2.98. The number of carbonyl (C=O) groups is 2. The lowest BCUT2D eigenvalue weighted by Crippen LogP contribution is -2.45. The van der Waals surface area contributed by atoms with Gasteiger partial charge in [0.25, 0.3) is 5.91 Å². The van der Waals surface area contributed by atoms with Gasteiger partial charge in [-0.05, 0) is 36.6 Å². The number of likely N-dealkylation sites (N-methyl/N-ethyl adjacent to an activating group) is 1. The maximum Gasteiger partial charge on any atom is 0.326 e. The van der Waals surface area contributed by atoms with E-state index >= 15 is 0 Å².